The number of ether oxygens (including phenoxy) is 1. The normalized spacial score (nSPS) is 22.8. The minimum Gasteiger partial charge on any atom is -0.469 e. The van der Waals surface area contributed by atoms with Crippen LogP contribution in [-0.2, 0) is 0 Å². The van der Waals surface area contributed by atoms with E-state index in [9.17, 15) is 10.1 Å². The molecule has 3 rings (SSSR count). The van der Waals surface area contributed by atoms with Gasteiger partial charge >= 0.3 is 5.69 Å². The summed E-state index contributed by atoms with van der Waals surface area (Å²) in [6.07, 6.45) is 9.95. The quantitative estimate of drug-likeness (QED) is 0.624. The second-order valence-electron chi connectivity index (χ2n) is 6.52. The molecule has 1 aliphatic carbocycles. The Hall–Kier alpha value is -1.92. The first-order chi connectivity index (χ1) is 11.2. The van der Waals surface area contributed by atoms with E-state index in [1.165, 1.54) is 12.7 Å². The lowest BCUT2D eigenvalue weighted by Gasteiger charge is -2.34. The third kappa shape index (κ3) is 3.54. The first-order valence-electron chi connectivity index (χ1n) is 8.59. The number of piperidine rings is 1. The summed E-state index contributed by atoms with van der Waals surface area (Å²) in [6, 6.07) is 0.250. The predicted octanol–water partition coefficient (Wildman–Crippen LogP) is 3.48. The Morgan fingerprint density at radius 3 is 2.61 bits per heavy atom. The van der Waals surface area contributed by atoms with E-state index in [1.807, 2.05) is 4.90 Å². The maximum absolute atomic E-state index is 11.7. The molecule has 7 nitrogen and oxygen atoms in total. The second kappa shape index (κ2) is 7.10. The zero-order valence-corrected chi connectivity index (χ0v) is 13.6. The van der Waals surface area contributed by atoms with Crippen LogP contribution in [0.15, 0.2) is 6.33 Å². The molecule has 1 unspecified atom stereocenters. The average molecular weight is 320 g/mol. The van der Waals surface area contributed by atoms with Crippen LogP contribution in [0.1, 0.15) is 58.3 Å². The summed E-state index contributed by atoms with van der Waals surface area (Å²) < 4.78 is 5.90. The van der Waals surface area contributed by atoms with E-state index < -0.39 is 4.92 Å². The average Bonchev–Trinajstić information content (AvgIpc) is 2.56. The molecule has 1 saturated carbocycles. The van der Waals surface area contributed by atoms with Crippen molar-refractivity contribution in [1.82, 2.24) is 9.97 Å². The maximum Gasteiger partial charge on any atom is 0.372 e. The van der Waals surface area contributed by atoms with Gasteiger partial charge in [0, 0.05) is 12.6 Å². The van der Waals surface area contributed by atoms with Crippen molar-refractivity contribution in [1.29, 1.82) is 0 Å². The Morgan fingerprint density at radius 2 is 1.91 bits per heavy atom. The standard InChI is InChI=1S/C16H24N4O3/c1-12-7-5-6-10-19(12)15-14(20(21)22)16(18-11-17-15)23-13-8-3-2-4-9-13/h11-13H,2-10H2,1H3. The summed E-state index contributed by atoms with van der Waals surface area (Å²) in [4.78, 5) is 21.6. The van der Waals surface area contributed by atoms with Gasteiger partial charge in [-0.2, -0.15) is 4.98 Å². The van der Waals surface area contributed by atoms with Crippen molar-refractivity contribution in [3.63, 3.8) is 0 Å². The van der Waals surface area contributed by atoms with E-state index >= 15 is 0 Å². The molecule has 1 aromatic heterocycles. The number of hydrogen-bond donors (Lipinski definition) is 0. The van der Waals surface area contributed by atoms with Crippen LogP contribution in [0.3, 0.4) is 0 Å². The molecule has 2 fully saturated rings. The Labute approximate surface area is 136 Å². The minimum atomic E-state index is -0.394. The van der Waals surface area contributed by atoms with E-state index in [-0.39, 0.29) is 23.7 Å². The lowest BCUT2D eigenvalue weighted by atomic mass is 9.98. The van der Waals surface area contributed by atoms with E-state index in [0.717, 1.165) is 51.5 Å². The summed E-state index contributed by atoms with van der Waals surface area (Å²) in [7, 11) is 0. The van der Waals surface area contributed by atoms with Crippen LogP contribution < -0.4 is 9.64 Å². The molecule has 0 radical (unpaired) electrons. The monoisotopic (exact) mass is 320 g/mol. The summed E-state index contributed by atoms with van der Waals surface area (Å²) >= 11 is 0. The molecule has 7 heteroatoms. The molecule has 0 N–H and O–H groups in total. The van der Waals surface area contributed by atoms with Gasteiger partial charge in [-0.25, -0.2) is 4.98 Å². The number of rotatable bonds is 4. The fourth-order valence-electron chi connectivity index (χ4n) is 3.56. The molecule has 2 heterocycles. The first kappa shape index (κ1) is 16.0. The zero-order valence-electron chi connectivity index (χ0n) is 13.6. The van der Waals surface area contributed by atoms with Crippen molar-refractivity contribution >= 4 is 11.5 Å². The van der Waals surface area contributed by atoms with E-state index in [4.69, 9.17) is 4.74 Å². The third-order valence-corrected chi connectivity index (χ3v) is 4.86. The van der Waals surface area contributed by atoms with Crippen LogP contribution in [0.4, 0.5) is 11.5 Å². The summed E-state index contributed by atoms with van der Waals surface area (Å²) in [5.74, 6) is 0.535. The molecule has 1 aromatic rings. The molecule has 0 spiro atoms. The van der Waals surface area contributed by atoms with Crippen LogP contribution >= 0.6 is 0 Å². The summed E-state index contributed by atoms with van der Waals surface area (Å²) in [5, 5.41) is 11.7. The van der Waals surface area contributed by atoms with Crippen molar-refractivity contribution in [3.8, 4) is 5.88 Å². The zero-order chi connectivity index (χ0) is 16.2. The van der Waals surface area contributed by atoms with Crippen LogP contribution in [0, 0.1) is 10.1 Å². The number of aromatic nitrogens is 2. The maximum atomic E-state index is 11.7. The fourth-order valence-corrected chi connectivity index (χ4v) is 3.56. The van der Waals surface area contributed by atoms with Gasteiger partial charge in [-0.3, -0.25) is 10.1 Å². The van der Waals surface area contributed by atoms with Crippen molar-refractivity contribution in [2.45, 2.75) is 70.4 Å². The van der Waals surface area contributed by atoms with E-state index in [2.05, 4.69) is 16.9 Å². The second-order valence-corrected chi connectivity index (χ2v) is 6.52. The van der Waals surface area contributed by atoms with Gasteiger partial charge in [0.2, 0.25) is 5.82 Å². The summed E-state index contributed by atoms with van der Waals surface area (Å²) in [5.41, 5.74) is -0.0770. The van der Waals surface area contributed by atoms with Gasteiger partial charge in [0.25, 0.3) is 5.88 Å². The molecule has 2 aliphatic rings. The Kier molecular flexibility index (Phi) is 4.93. The van der Waals surface area contributed by atoms with Gasteiger partial charge < -0.3 is 9.64 Å². The largest absolute Gasteiger partial charge is 0.469 e. The van der Waals surface area contributed by atoms with E-state index in [1.54, 1.807) is 0 Å². The highest BCUT2D eigenvalue weighted by Crippen LogP contribution is 2.37. The number of nitro groups is 1. The molecule has 0 amide bonds. The SMILES string of the molecule is CC1CCCCN1c1ncnc(OC2CCCCC2)c1[N+](=O)[O-]. The smallest absolute Gasteiger partial charge is 0.372 e. The van der Waals surface area contributed by atoms with Gasteiger partial charge in [0.05, 0.1) is 4.92 Å². The van der Waals surface area contributed by atoms with Gasteiger partial charge in [-0.05, 0) is 51.9 Å². The van der Waals surface area contributed by atoms with Crippen molar-refractivity contribution in [3.05, 3.63) is 16.4 Å². The summed E-state index contributed by atoms with van der Waals surface area (Å²) in [6.45, 7) is 2.88. The lowest BCUT2D eigenvalue weighted by Crippen LogP contribution is -2.38. The predicted molar refractivity (Wildman–Crippen MR) is 86.8 cm³/mol. The van der Waals surface area contributed by atoms with Crippen molar-refractivity contribution in [2.24, 2.45) is 0 Å². The molecule has 0 aromatic carbocycles. The number of hydrogen-bond acceptors (Lipinski definition) is 6. The topological polar surface area (TPSA) is 81.4 Å². The number of anilines is 1. The molecular weight excluding hydrogens is 296 g/mol. The van der Waals surface area contributed by atoms with Crippen molar-refractivity contribution in [2.75, 3.05) is 11.4 Å². The first-order valence-corrected chi connectivity index (χ1v) is 8.59. The molecule has 1 atom stereocenters. The Bertz CT molecular complexity index is 560. The third-order valence-electron chi connectivity index (χ3n) is 4.86. The van der Waals surface area contributed by atoms with Crippen LogP contribution in [0.2, 0.25) is 0 Å². The molecule has 1 aliphatic heterocycles. The highest BCUT2D eigenvalue weighted by atomic mass is 16.6. The van der Waals surface area contributed by atoms with Gasteiger partial charge in [-0.1, -0.05) is 6.42 Å². The van der Waals surface area contributed by atoms with Crippen LogP contribution in [0.25, 0.3) is 0 Å². The molecule has 126 valence electrons. The lowest BCUT2D eigenvalue weighted by molar-refractivity contribution is -0.385. The fraction of sp³-hybridized carbons (Fsp3) is 0.750. The Balaban J connectivity index is 1.90. The van der Waals surface area contributed by atoms with Crippen LogP contribution in [0.5, 0.6) is 5.88 Å². The van der Waals surface area contributed by atoms with Crippen LogP contribution in [-0.4, -0.2) is 33.6 Å². The highest BCUT2D eigenvalue weighted by molar-refractivity contribution is 5.63. The number of nitrogens with zero attached hydrogens (tertiary/aromatic N) is 4. The minimum absolute atomic E-state index is 0.0315. The van der Waals surface area contributed by atoms with Crippen molar-refractivity contribution < 1.29 is 9.66 Å². The van der Waals surface area contributed by atoms with Gasteiger partial charge in [-0.15, -0.1) is 0 Å². The van der Waals surface area contributed by atoms with E-state index in [0.29, 0.717) is 5.82 Å². The molecule has 0 bridgehead atoms. The van der Waals surface area contributed by atoms with Gasteiger partial charge in [0.1, 0.15) is 12.4 Å². The molecular formula is C16H24N4O3. The Morgan fingerprint density at radius 1 is 1.17 bits per heavy atom. The highest BCUT2D eigenvalue weighted by Gasteiger charge is 2.32. The molecule has 23 heavy (non-hydrogen) atoms. The molecule has 1 saturated heterocycles. The van der Waals surface area contributed by atoms with Gasteiger partial charge in [0.15, 0.2) is 0 Å².